The summed E-state index contributed by atoms with van der Waals surface area (Å²) in [5.41, 5.74) is -1.27. The first-order valence-electron chi connectivity index (χ1n) is 7.63. The molecule has 0 spiro atoms. The van der Waals surface area contributed by atoms with Crippen molar-refractivity contribution in [2.24, 2.45) is 0 Å². The minimum atomic E-state index is -2.03. The first-order valence-corrected chi connectivity index (χ1v) is 7.63. The lowest BCUT2D eigenvalue weighted by atomic mass is 9.99. The second-order valence-electron chi connectivity index (χ2n) is 5.98. The van der Waals surface area contributed by atoms with Crippen molar-refractivity contribution < 1.29 is 47.9 Å². The van der Waals surface area contributed by atoms with Crippen molar-refractivity contribution in [3.05, 3.63) is 39.8 Å². The zero-order valence-corrected chi connectivity index (χ0v) is 13.6. The van der Waals surface area contributed by atoms with Gasteiger partial charge < -0.3 is 34.3 Å². The van der Waals surface area contributed by atoms with Gasteiger partial charge in [0.25, 0.3) is 0 Å². The number of aliphatic hydroxyl groups is 3. The Labute approximate surface area is 149 Å². The van der Waals surface area contributed by atoms with Crippen molar-refractivity contribution in [1.29, 1.82) is 0 Å². The maximum Gasteiger partial charge on any atom is 0.336 e. The fourth-order valence-corrected chi connectivity index (χ4v) is 2.73. The number of aryl methyl sites for hydroxylation is 1. The third-order valence-electron chi connectivity index (χ3n) is 4.14. The Hall–Kier alpha value is -2.60. The Kier molecular flexibility index (Phi) is 4.86. The number of halogens is 2. The largest absolute Gasteiger partial charge is 0.479 e. The molecule has 1 aromatic carbocycles. The van der Waals surface area contributed by atoms with E-state index in [-0.39, 0.29) is 10.9 Å². The molecule has 0 radical (unpaired) electrons. The molecular formula is C16H14F2O9. The van der Waals surface area contributed by atoms with Crippen LogP contribution in [0.25, 0.3) is 11.0 Å². The number of aliphatic carboxylic acids is 1. The van der Waals surface area contributed by atoms with E-state index in [1.165, 1.54) is 6.92 Å². The monoisotopic (exact) mass is 388 g/mol. The molecule has 5 atom stereocenters. The van der Waals surface area contributed by atoms with Gasteiger partial charge in [0.15, 0.2) is 23.3 Å². The highest BCUT2D eigenvalue weighted by atomic mass is 19.1. The number of hydrogen-bond acceptors (Lipinski definition) is 8. The summed E-state index contributed by atoms with van der Waals surface area (Å²) in [5, 5.41) is 38.1. The third-order valence-corrected chi connectivity index (χ3v) is 4.14. The molecule has 2 aromatic rings. The highest BCUT2D eigenvalue weighted by Gasteiger charge is 2.48. The average Bonchev–Trinajstić information content (AvgIpc) is 2.59. The Balaban J connectivity index is 2.03. The number of carbonyl (C=O) groups is 1. The highest BCUT2D eigenvalue weighted by Crippen LogP contribution is 2.33. The molecule has 1 saturated heterocycles. The zero-order chi connectivity index (χ0) is 20.0. The molecule has 4 N–H and O–H groups in total. The van der Waals surface area contributed by atoms with Gasteiger partial charge in [-0.25, -0.2) is 14.0 Å². The number of carboxylic acid groups (broad SMARTS) is 1. The van der Waals surface area contributed by atoms with Gasteiger partial charge in [-0.15, -0.1) is 0 Å². The molecule has 1 fully saturated rings. The predicted octanol–water partition coefficient (Wildman–Crippen LogP) is -0.349. The van der Waals surface area contributed by atoms with Gasteiger partial charge in [-0.05, 0) is 18.6 Å². The smallest absolute Gasteiger partial charge is 0.336 e. The molecule has 146 valence electrons. The van der Waals surface area contributed by atoms with E-state index in [4.69, 9.17) is 19.0 Å². The quantitative estimate of drug-likeness (QED) is 0.518. The first-order chi connectivity index (χ1) is 12.6. The summed E-state index contributed by atoms with van der Waals surface area (Å²) in [6, 6.07) is 1.85. The van der Waals surface area contributed by atoms with E-state index < -0.39 is 65.3 Å². The molecule has 0 unspecified atom stereocenters. The van der Waals surface area contributed by atoms with Crippen LogP contribution in [0.4, 0.5) is 8.78 Å². The van der Waals surface area contributed by atoms with Gasteiger partial charge in [0.2, 0.25) is 12.1 Å². The fourth-order valence-electron chi connectivity index (χ4n) is 2.73. The lowest BCUT2D eigenvalue weighted by Gasteiger charge is -2.38. The molecule has 2 heterocycles. The zero-order valence-electron chi connectivity index (χ0n) is 13.6. The minimum Gasteiger partial charge on any atom is -0.479 e. The Bertz CT molecular complexity index is 957. The average molecular weight is 388 g/mol. The Morgan fingerprint density at radius 2 is 1.81 bits per heavy atom. The number of aliphatic hydroxyl groups excluding tert-OH is 3. The second-order valence-corrected chi connectivity index (χ2v) is 5.98. The summed E-state index contributed by atoms with van der Waals surface area (Å²) in [6.45, 7) is 1.43. The molecule has 0 aliphatic carbocycles. The number of ether oxygens (including phenoxy) is 2. The van der Waals surface area contributed by atoms with E-state index in [1.807, 2.05) is 0 Å². The van der Waals surface area contributed by atoms with Crippen LogP contribution in [0.15, 0.2) is 21.3 Å². The van der Waals surface area contributed by atoms with Gasteiger partial charge in [0.1, 0.15) is 18.3 Å². The van der Waals surface area contributed by atoms with Crippen LogP contribution in [0.2, 0.25) is 0 Å². The molecule has 11 heteroatoms. The van der Waals surface area contributed by atoms with Crippen LogP contribution in [0.3, 0.4) is 0 Å². The maximum absolute atomic E-state index is 14.6. The van der Waals surface area contributed by atoms with Crippen LogP contribution in [0, 0.1) is 18.6 Å². The second kappa shape index (κ2) is 6.85. The van der Waals surface area contributed by atoms with Gasteiger partial charge in [-0.2, -0.15) is 4.39 Å². The lowest BCUT2D eigenvalue weighted by molar-refractivity contribution is -0.271. The first kappa shape index (κ1) is 19.2. The van der Waals surface area contributed by atoms with E-state index >= 15 is 0 Å². The van der Waals surface area contributed by atoms with Crippen LogP contribution in [0.5, 0.6) is 5.75 Å². The van der Waals surface area contributed by atoms with Crippen LogP contribution in [-0.4, -0.2) is 57.1 Å². The molecule has 1 aromatic heterocycles. The number of fused-ring (bicyclic) bond motifs is 1. The standard InChI is InChI=1S/C16H14F2O9/c1-4-2-7(19)25-12-5(4)3-6(17)13(8(12)18)26-16-11(22)9(20)10(21)14(27-16)15(23)24/h2-3,9-11,14,16,20-22H,1H3,(H,23,24)/t9-,10-,11+,14-,16+/m1/s1. The van der Waals surface area contributed by atoms with Gasteiger partial charge in [-0.1, -0.05) is 0 Å². The molecule has 1 aliphatic heterocycles. The normalized spacial score (nSPS) is 28.3. The van der Waals surface area contributed by atoms with Crippen LogP contribution >= 0.6 is 0 Å². The summed E-state index contributed by atoms with van der Waals surface area (Å²) < 4.78 is 43.4. The number of hydrogen-bond donors (Lipinski definition) is 4. The van der Waals surface area contributed by atoms with Gasteiger partial charge in [-0.3, -0.25) is 0 Å². The molecule has 3 rings (SSSR count). The van der Waals surface area contributed by atoms with E-state index in [1.54, 1.807) is 0 Å². The van der Waals surface area contributed by atoms with Crippen LogP contribution < -0.4 is 10.4 Å². The van der Waals surface area contributed by atoms with E-state index in [0.29, 0.717) is 0 Å². The van der Waals surface area contributed by atoms with Crippen molar-refractivity contribution in [2.75, 3.05) is 0 Å². The molecule has 0 amide bonds. The SMILES string of the molecule is Cc1cc(=O)oc2c(F)c(O[C@H]3O[C@@H](C(=O)O)[C@H](O)[C@@H](O)[C@@H]3O)c(F)cc12. The van der Waals surface area contributed by atoms with Gasteiger partial charge in [0.05, 0.1) is 0 Å². The summed E-state index contributed by atoms with van der Waals surface area (Å²) >= 11 is 0. The van der Waals surface area contributed by atoms with Crippen molar-refractivity contribution in [3.63, 3.8) is 0 Å². The summed E-state index contributed by atoms with van der Waals surface area (Å²) in [4.78, 5) is 22.5. The molecule has 9 nitrogen and oxygen atoms in total. The van der Waals surface area contributed by atoms with Crippen LogP contribution in [-0.2, 0) is 9.53 Å². The molecule has 0 bridgehead atoms. The number of rotatable bonds is 3. The number of benzene rings is 1. The highest BCUT2D eigenvalue weighted by molar-refractivity contribution is 5.82. The molecule has 27 heavy (non-hydrogen) atoms. The topological polar surface area (TPSA) is 147 Å². The molecule has 1 aliphatic rings. The van der Waals surface area contributed by atoms with Gasteiger partial charge >= 0.3 is 11.6 Å². The number of carboxylic acids is 1. The van der Waals surface area contributed by atoms with Crippen molar-refractivity contribution in [1.82, 2.24) is 0 Å². The molecule has 0 saturated carbocycles. The summed E-state index contributed by atoms with van der Waals surface area (Å²) in [6.07, 6.45) is -10.1. The Morgan fingerprint density at radius 1 is 1.15 bits per heavy atom. The lowest BCUT2D eigenvalue weighted by Crippen LogP contribution is -2.61. The van der Waals surface area contributed by atoms with E-state index in [2.05, 4.69) is 0 Å². The van der Waals surface area contributed by atoms with Gasteiger partial charge in [0, 0.05) is 11.5 Å². The van der Waals surface area contributed by atoms with E-state index in [9.17, 15) is 33.7 Å². The Morgan fingerprint density at radius 3 is 2.44 bits per heavy atom. The van der Waals surface area contributed by atoms with E-state index in [0.717, 1.165) is 12.1 Å². The summed E-state index contributed by atoms with van der Waals surface area (Å²) in [7, 11) is 0. The molecular weight excluding hydrogens is 374 g/mol. The van der Waals surface area contributed by atoms with Crippen molar-refractivity contribution >= 4 is 16.9 Å². The van der Waals surface area contributed by atoms with Crippen molar-refractivity contribution in [3.8, 4) is 5.75 Å². The fraction of sp³-hybridized carbons (Fsp3) is 0.375. The van der Waals surface area contributed by atoms with Crippen molar-refractivity contribution in [2.45, 2.75) is 37.6 Å². The maximum atomic E-state index is 14.6. The summed E-state index contributed by atoms with van der Waals surface area (Å²) in [5.74, 6) is -5.48. The van der Waals surface area contributed by atoms with Crippen LogP contribution in [0.1, 0.15) is 5.56 Å². The minimum absolute atomic E-state index is 0.0408. The predicted molar refractivity (Wildman–Crippen MR) is 82.1 cm³/mol. The third kappa shape index (κ3) is 3.25.